The van der Waals surface area contributed by atoms with E-state index in [1.54, 1.807) is 11.0 Å². The number of hydrogen-bond acceptors (Lipinski definition) is 8. The van der Waals surface area contributed by atoms with Crippen molar-refractivity contribution in [2.24, 2.45) is 0 Å². The average Bonchev–Trinajstić information content (AvgIpc) is 3.66. The second kappa shape index (κ2) is 12.1. The fraction of sp³-hybridized carbons (Fsp3) is 0.595. The monoisotopic (exact) mass is 714 g/mol. The molecule has 5 aliphatic rings. The van der Waals surface area contributed by atoms with Gasteiger partial charge in [-0.3, -0.25) is 9.80 Å². The lowest BCUT2D eigenvalue weighted by atomic mass is 9.93. The molecule has 51 heavy (non-hydrogen) atoms. The SMILES string of the molecule is CC(C)(C)OC(=O)N1[C@@H]2CC[C@H]1CN(c1nc(OC[C@@]34CCCN3C[C@H](F)C4)nc3c(F)c(-c4cc(N)c(C5CC5)cc4C(F)(F)F)ccc13)C2. The molecule has 1 aromatic heterocycles. The molecule has 1 aliphatic carbocycles. The summed E-state index contributed by atoms with van der Waals surface area (Å²) in [6.45, 7) is 7.37. The summed E-state index contributed by atoms with van der Waals surface area (Å²) >= 11 is 0. The van der Waals surface area contributed by atoms with E-state index in [2.05, 4.69) is 9.88 Å². The highest BCUT2D eigenvalue weighted by Crippen LogP contribution is 2.49. The number of fused-ring (bicyclic) bond motifs is 4. The van der Waals surface area contributed by atoms with Crippen LogP contribution in [0.3, 0.4) is 0 Å². The lowest BCUT2D eigenvalue weighted by Crippen LogP contribution is -2.57. The Kier molecular flexibility index (Phi) is 8.08. The van der Waals surface area contributed by atoms with Crippen LogP contribution in [0.2, 0.25) is 0 Å². The first kappa shape index (κ1) is 34.2. The van der Waals surface area contributed by atoms with E-state index in [4.69, 9.17) is 20.2 Å². The number of carbonyl (C=O) groups excluding carboxylic acids is 1. The lowest BCUT2D eigenvalue weighted by Gasteiger charge is -2.42. The van der Waals surface area contributed by atoms with Gasteiger partial charge in [-0.05, 0) is 101 Å². The van der Waals surface area contributed by atoms with Crippen LogP contribution < -0.4 is 15.4 Å². The molecule has 4 atom stereocenters. The van der Waals surface area contributed by atoms with E-state index >= 15 is 4.39 Å². The highest BCUT2D eigenvalue weighted by Gasteiger charge is 2.50. The van der Waals surface area contributed by atoms with E-state index in [-0.39, 0.29) is 52.9 Å². The minimum atomic E-state index is -4.76. The summed E-state index contributed by atoms with van der Waals surface area (Å²) in [6, 6.07) is 4.62. The van der Waals surface area contributed by atoms with Crippen LogP contribution >= 0.6 is 0 Å². The number of halogens is 5. The zero-order chi connectivity index (χ0) is 36.0. The standard InChI is InChI=1S/C37H43F5N6O3/c1-35(2,3)51-34(49)48-22-7-8-23(48)18-46(17-22)32-25-10-9-24(27-14-29(43)26(20-5-6-20)13-28(27)37(40,41)42)30(39)31(25)44-33(45-32)50-19-36-11-4-12-47(36)16-21(38)15-36/h9-10,13-14,20-23H,4-8,11-12,15-19,43H2,1-3H3/t21-,22-,23+,36+/m1/s1. The van der Waals surface area contributed by atoms with Crippen LogP contribution in [-0.4, -0.2) is 88.0 Å². The van der Waals surface area contributed by atoms with Crippen molar-refractivity contribution < 1.29 is 36.2 Å². The Morgan fingerprint density at radius 2 is 1.75 bits per heavy atom. The van der Waals surface area contributed by atoms with E-state index in [9.17, 15) is 22.4 Å². The fourth-order valence-corrected chi connectivity index (χ4v) is 8.81. The number of anilines is 2. The molecule has 5 fully saturated rings. The molecule has 3 aromatic rings. The third-order valence-electron chi connectivity index (χ3n) is 11.2. The maximum absolute atomic E-state index is 16.9. The van der Waals surface area contributed by atoms with Crippen LogP contribution in [0.4, 0.5) is 38.3 Å². The zero-order valence-electron chi connectivity index (χ0n) is 29.0. The number of benzene rings is 2. The largest absolute Gasteiger partial charge is 0.461 e. The predicted molar refractivity (Wildman–Crippen MR) is 182 cm³/mol. The number of rotatable bonds is 6. The smallest absolute Gasteiger partial charge is 0.417 e. The summed E-state index contributed by atoms with van der Waals surface area (Å²) in [6.07, 6.45) is -1.20. The quantitative estimate of drug-likeness (QED) is 0.208. The van der Waals surface area contributed by atoms with Gasteiger partial charge in [0.25, 0.3) is 0 Å². The second-order valence-corrected chi connectivity index (χ2v) is 16.0. The molecular formula is C37H43F5N6O3. The van der Waals surface area contributed by atoms with Crippen LogP contribution in [0.1, 0.15) is 82.8 Å². The first-order chi connectivity index (χ1) is 24.1. The summed E-state index contributed by atoms with van der Waals surface area (Å²) < 4.78 is 86.8. The number of amides is 1. The summed E-state index contributed by atoms with van der Waals surface area (Å²) in [5.74, 6) is -0.632. The number of alkyl halides is 4. The van der Waals surface area contributed by atoms with Gasteiger partial charge in [-0.2, -0.15) is 23.1 Å². The Bertz CT molecular complexity index is 1870. The Morgan fingerprint density at radius 1 is 1.02 bits per heavy atom. The van der Waals surface area contributed by atoms with Gasteiger partial charge in [0.15, 0.2) is 5.82 Å². The molecule has 0 unspecified atom stereocenters. The first-order valence-electron chi connectivity index (χ1n) is 17.9. The third-order valence-corrected chi connectivity index (χ3v) is 11.2. The van der Waals surface area contributed by atoms with Crippen LogP contribution in [0.25, 0.3) is 22.0 Å². The van der Waals surface area contributed by atoms with Crippen molar-refractivity contribution in [2.75, 3.05) is 43.4 Å². The van der Waals surface area contributed by atoms with Crippen molar-refractivity contribution >= 4 is 28.5 Å². The highest BCUT2D eigenvalue weighted by atomic mass is 19.4. The molecule has 8 rings (SSSR count). The molecular weight excluding hydrogens is 671 g/mol. The predicted octanol–water partition coefficient (Wildman–Crippen LogP) is 7.46. The van der Waals surface area contributed by atoms with Gasteiger partial charge in [-0.15, -0.1) is 0 Å². The summed E-state index contributed by atoms with van der Waals surface area (Å²) in [5, 5.41) is 0.301. The molecule has 4 aliphatic heterocycles. The van der Waals surface area contributed by atoms with Crippen molar-refractivity contribution in [2.45, 2.75) is 107 Å². The molecule has 1 saturated carbocycles. The number of hydrogen-bond donors (Lipinski definition) is 1. The Hall–Kier alpha value is -3.94. The maximum atomic E-state index is 16.9. The van der Waals surface area contributed by atoms with Crippen molar-refractivity contribution in [3.63, 3.8) is 0 Å². The highest BCUT2D eigenvalue weighted by molar-refractivity contribution is 5.94. The molecule has 0 radical (unpaired) electrons. The summed E-state index contributed by atoms with van der Waals surface area (Å²) in [4.78, 5) is 28.2. The molecule has 5 heterocycles. The van der Waals surface area contributed by atoms with Crippen molar-refractivity contribution in [3.05, 3.63) is 41.2 Å². The normalized spacial score (nSPS) is 26.6. The van der Waals surface area contributed by atoms with Gasteiger partial charge >= 0.3 is 18.3 Å². The molecule has 2 bridgehead atoms. The van der Waals surface area contributed by atoms with Gasteiger partial charge in [0.05, 0.1) is 23.2 Å². The first-order valence-corrected chi connectivity index (χ1v) is 17.9. The molecule has 2 N–H and O–H groups in total. The Labute approximate surface area is 293 Å². The number of piperazine rings is 1. The van der Waals surface area contributed by atoms with E-state index in [1.165, 1.54) is 12.1 Å². The summed E-state index contributed by atoms with van der Waals surface area (Å²) in [7, 11) is 0. The molecule has 4 saturated heterocycles. The molecule has 9 nitrogen and oxygen atoms in total. The van der Waals surface area contributed by atoms with Crippen molar-refractivity contribution in [1.29, 1.82) is 0 Å². The molecule has 1 amide bonds. The maximum Gasteiger partial charge on any atom is 0.417 e. The van der Waals surface area contributed by atoms with Crippen molar-refractivity contribution in [1.82, 2.24) is 19.8 Å². The van der Waals surface area contributed by atoms with E-state index in [0.717, 1.165) is 51.1 Å². The molecule has 274 valence electrons. The zero-order valence-corrected chi connectivity index (χ0v) is 29.0. The third kappa shape index (κ3) is 6.20. The van der Waals surface area contributed by atoms with Crippen LogP contribution in [0.5, 0.6) is 6.01 Å². The van der Waals surface area contributed by atoms with E-state index < -0.39 is 41.0 Å². The lowest BCUT2D eigenvalue weighted by molar-refractivity contribution is -0.137. The molecule has 2 aromatic carbocycles. The van der Waals surface area contributed by atoms with Crippen molar-refractivity contribution in [3.8, 4) is 17.1 Å². The number of nitrogens with two attached hydrogens (primary N) is 1. The second-order valence-electron chi connectivity index (χ2n) is 16.0. The van der Waals surface area contributed by atoms with Gasteiger partial charge in [-0.1, -0.05) is 6.07 Å². The van der Waals surface area contributed by atoms with Crippen LogP contribution in [0.15, 0.2) is 24.3 Å². The van der Waals surface area contributed by atoms with Gasteiger partial charge in [0.2, 0.25) is 0 Å². The van der Waals surface area contributed by atoms with Gasteiger partial charge in [0.1, 0.15) is 29.7 Å². The Balaban J connectivity index is 1.20. The van der Waals surface area contributed by atoms with Gasteiger partial charge in [-0.25, -0.2) is 13.6 Å². The number of ether oxygens (including phenoxy) is 2. The van der Waals surface area contributed by atoms with Gasteiger partial charge in [0, 0.05) is 42.7 Å². The number of aromatic nitrogens is 2. The Morgan fingerprint density at radius 3 is 2.41 bits per heavy atom. The summed E-state index contributed by atoms with van der Waals surface area (Å²) in [5.41, 5.74) is 3.88. The van der Waals surface area contributed by atoms with Gasteiger partial charge < -0.3 is 20.1 Å². The minimum Gasteiger partial charge on any atom is -0.461 e. The fourth-order valence-electron chi connectivity index (χ4n) is 8.81. The average molecular weight is 715 g/mol. The number of carbonyl (C=O) groups is 1. The van der Waals surface area contributed by atoms with Crippen LogP contribution in [0, 0.1) is 5.82 Å². The van der Waals surface area contributed by atoms with Crippen LogP contribution in [-0.2, 0) is 10.9 Å². The molecule has 14 heteroatoms. The minimum absolute atomic E-state index is 0.0366. The van der Waals surface area contributed by atoms with E-state index in [1.807, 2.05) is 25.7 Å². The number of nitrogens with zero attached hydrogens (tertiary/aromatic N) is 5. The topological polar surface area (TPSA) is 97.0 Å². The number of nitrogen functional groups attached to an aromatic ring is 1. The van der Waals surface area contributed by atoms with E-state index in [0.29, 0.717) is 42.8 Å². The molecule has 0 spiro atoms.